The highest BCUT2D eigenvalue weighted by Gasteiger charge is 2.25. The molecule has 0 amide bonds. The van der Waals surface area contributed by atoms with Gasteiger partial charge in [0, 0.05) is 12.6 Å². The molecule has 0 spiro atoms. The summed E-state index contributed by atoms with van der Waals surface area (Å²) in [5, 5.41) is 10.3. The molecule has 1 aliphatic rings. The number of aliphatic hydroxyl groups is 1. The third kappa shape index (κ3) is 2.57. The fourth-order valence-corrected chi connectivity index (χ4v) is 2.02. The molecule has 0 saturated heterocycles. The molecular weight excluding hydrogens is 188 g/mol. The van der Waals surface area contributed by atoms with Crippen LogP contribution in [0, 0.1) is 0 Å². The Bertz CT molecular complexity index is 376. The van der Waals surface area contributed by atoms with Gasteiger partial charge in [-0.25, -0.2) is 4.98 Å². The van der Waals surface area contributed by atoms with E-state index in [1.807, 2.05) is 24.3 Å². The summed E-state index contributed by atoms with van der Waals surface area (Å²) in [5.74, 6) is 0.510. The number of pyridine rings is 1. The van der Waals surface area contributed by atoms with E-state index in [-0.39, 0.29) is 0 Å². The van der Waals surface area contributed by atoms with Gasteiger partial charge in [-0.15, -0.1) is 0 Å². The average Bonchev–Trinajstić information content (AvgIpc) is 2.18. The minimum absolute atomic E-state index is 0.510. The van der Waals surface area contributed by atoms with Gasteiger partial charge in [0.05, 0.1) is 5.60 Å². The quantitative estimate of drug-likeness (QED) is 0.720. The first-order valence-corrected chi connectivity index (χ1v) is 5.28. The van der Waals surface area contributed by atoms with Crippen LogP contribution in [0.4, 0.5) is 5.82 Å². The van der Waals surface area contributed by atoms with E-state index in [0.29, 0.717) is 12.2 Å². The van der Waals surface area contributed by atoms with Gasteiger partial charge in [0.25, 0.3) is 0 Å². The SMILES string of the molecule is Nc1cc(CC2(O)C=CCCC2)ccn1. The lowest BCUT2D eigenvalue weighted by Gasteiger charge is -2.27. The molecule has 3 heteroatoms. The summed E-state index contributed by atoms with van der Waals surface area (Å²) in [5.41, 5.74) is 5.95. The van der Waals surface area contributed by atoms with Gasteiger partial charge in [0.2, 0.25) is 0 Å². The molecule has 0 aliphatic heterocycles. The van der Waals surface area contributed by atoms with Crippen molar-refractivity contribution < 1.29 is 5.11 Å². The molecule has 3 nitrogen and oxygen atoms in total. The van der Waals surface area contributed by atoms with Crippen molar-refractivity contribution in [1.29, 1.82) is 0 Å². The molecule has 3 N–H and O–H groups in total. The molecule has 1 aliphatic carbocycles. The number of aromatic nitrogens is 1. The second-order valence-corrected chi connectivity index (χ2v) is 4.16. The van der Waals surface area contributed by atoms with Crippen molar-refractivity contribution in [3.05, 3.63) is 36.0 Å². The van der Waals surface area contributed by atoms with Crippen molar-refractivity contribution in [3.8, 4) is 0 Å². The van der Waals surface area contributed by atoms with Gasteiger partial charge in [0.15, 0.2) is 0 Å². The monoisotopic (exact) mass is 204 g/mol. The van der Waals surface area contributed by atoms with Crippen molar-refractivity contribution in [2.45, 2.75) is 31.3 Å². The van der Waals surface area contributed by atoms with Gasteiger partial charge >= 0.3 is 0 Å². The zero-order valence-corrected chi connectivity index (χ0v) is 8.69. The maximum atomic E-state index is 10.3. The number of hydrogen-bond donors (Lipinski definition) is 2. The Morgan fingerprint density at radius 2 is 2.40 bits per heavy atom. The molecule has 1 atom stereocenters. The predicted octanol–water partition coefficient (Wildman–Crippen LogP) is 1.68. The van der Waals surface area contributed by atoms with Crippen LogP contribution in [0.5, 0.6) is 0 Å². The number of allylic oxidation sites excluding steroid dienone is 1. The van der Waals surface area contributed by atoms with Gasteiger partial charge in [-0.1, -0.05) is 12.2 Å². The molecule has 15 heavy (non-hydrogen) atoms. The van der Waals surface area contributed by atoms with Crippen molar-refractivity contribution in [2.24, 2.45) is 0 Å². The standard InChI is InChI=1S/C12H16N2O/c13-11-8-10(4-7-14-11)9-12(15)5-2-1-3-6-12/h2,4-5,7-8,15H,1,3,6,9H2,(H2,13,14). The van der Waals surface area contributed by atoms with E-state index in [0.717, 1.165) is 24.8 Å². The summed E-state index contributed by atoms with van der Waals surface area (Å²) in [6, 6.07) is 3.72. The molecule has 0 saturated carbocycles. The first kappa shape index (κ1) is 10.2. The van der Waals surface area contributed by atoms with Crippen LogP contribution in [-0.2, 0) is 6.42 Å². The number of nitrogen functional groups attached to an aromatic ring is 1. The van der Waals surface area contributed by atoms with E-state index in [9.17, 15) is 5.11 Å². The van der Waals surface area contributed by atoms with Crippen LogP contribution in [-0.4, -0.2) is 15.7 Å². The van der Waals surface area contributed by atoms with Gasteiger partial charge in [-0.05, 0) is 37.0 Å². The van der Waals surface area contributed by atoms with Gasteiger partial charge < -0.3 is 10.8 Å². The number of nitrogens with two attached hydrogens (primary N) is 1. The molecule has 80 valence electrons. The van der Waals surface area contributed by atoms with Crippen LogP contribution in [0.1, 0.15) is 24.8 Å². The molecule has 0 radical (unpaired) electrons. The maximum absolute atomic E-state index is 10.3. The Hall–Kier alpha value is -1.35. The van der Waals surface area contributed by atoms with E-state index in [2.05, 4.69) is 4.98 Å². The van der Waals surface area contributed by atoms with Crippen molar-refractivity contribution >= 4 is 5.82 Å². The number of anilines is 1. The lowest BCUT2D eigenvalue weighted by Crippen LogP contribution is -2.30. The maximum Gasteiger partial charge on any atom is 0.123 e. The minimum Gasteiger partial charge on any atom is -0.385 e. The highest BCUT2D eigenvalue weighted by molar-refractivity contribution is 5.33. The van der Waals surface area contributed by atoms with Crippen molar-refractivity contribution in [2.75, 3.05) is 5.73 Å². The Morgan fingerprint density at radius 1 is 1.53 bits per heavy atom. The fourth-order valence-electron chi connectivity index (χ4n) is 2.02. The molecule has 1 heterocycles. The topological polar surface area (TPSA) is 59.1 Å². The molecule has 0 bridgehead atoms. The van der Waals surface area contributed by atoms with Gasteiger partial charge in [-0.3, -0.25) is 0 Å². The molecular formula is C12H16N2O. The van der Waals surface area contributed by atoms with Crippen LogP contribution in [0.25, 0.3) is 0 Å². The summed E-state index contributed by atoms with van der Waals surface area (Å²) in [6.07, 6.45) is 9.21. The third-order valence-corrected chi connectivity index (χ3v) is 2.76. The van der Waals surface area contributed by atoms with Crippen LogP contribution in [0.2, 0.25) is 0 Å². The molecule has 1 aromatic heterocycles. The predicted molar refractivity (Wildman–Crippen MR) is 60.3 cm³/mol. The van der Waals surface area contributed by atoms with Crippen LogP contribution >= 0.6 is 0 Å². The summed E-state index contributed by atoms with van der Waals surface area (Å²) < 4.78 is 0. The lowest BCUT2D eigenvalue weighted by molar-refractivity contribution is 0.0751. The zero-order chi connectivity index (χ0) is 10.7. The number of hydrogen-bond acceptors (Lipinski definition) is 3. The van der Waals surface area contributed by atoms with Crippen molar-refractivity contribution in [1.82, 2.24) is 4.98 Å². The average molecular weight is 204 g/mol. The molecule has 1 unspecified atom stereocenters. The third-order valence-electron chi connectivity index (χ3n) is 2.76. The molecule has 0 fully saturated rings. The Kier molecular flexibility index (Phi) is 2.73. The second-order valence-electron chi connectivity index (χ2n) is 4.16. The Labute approximate surface area is 89.6 Å². The number of nitrogens with zero attached hydrogens (tertiary/aromatic N) is 1. The number of rotatable bonds is 2. The normalized spacial score (nSPS) is 25.4. The zero-order valence-electron chi connectivity index (χ0n) is 8.69. The summed E-state index contributed by atoms with van der Waals surface area (Å²) in [7, 11) is 0. The highest BCUT2D eigenvalue weighted by atomic mass is 16.3. The van der Waals surface area contributed by atoms with E-state index in [1.54, 1.807) is 6.20 Å². The fraction of sp³-hybridized carbons (Fsp3) is 0.417. The highest BCUT2D eigenvalue weighted by Crippen LogP contribution is 2.26. The Balaban J connectivity index is 2.14. The van der Waals surface area contributed by atoms with E-state index < -0.39 is 5.60 Å². The second kappa shape index (κ2) is 4.03. The minimum atomic E-state index is -0.688. The smallest absolute Gasteiger partial charge is 0.123 e. The summed E-state index contributed by atoms with van der Waals surface area (Å²) in [4.78, 5) is 3.93. The van der Waals surface area contributed by atoms with Gasteiger partial charge in [-0.2, -0.15) is 0 Å². The van der Waals surface area contributed by atoms with Crippen LogP contribution < -0.4 is 5.73 Å². The first-order valence-electron chi connectivity index (χ1n) is 5.28. The van der Waals surface area contributed by atoms with Crippen LogP contribution in [0.3, 0.4) is 0 Å². The van der Waals surface area contributed by atoms with Crippen LogP contribution in [0.15, 0.2) is 30.5 Å². The molecule has 0 aromatic carbocycles. The van der Waals surface area contributed by atoms with E-state index in [4.69, 9.17) is 5.73 Å². The van der Waals surface area contributed by atoms with Gasteiger partial charge in [0.1, 0.15) is 5.82 Å². The van der Waals surface area contributed by atoms with Crippen molar-refractivity contribution in [3.63, 3.8) is 0 Å². The lowest BCUT2D eigenvalue weighted by atomic mass is 9.86. The molecule has 2 rings (SSSR count). The summed E-state index contributed by atoms with van der Waals surface area (Å²) >= 11 is 0. The first-order chi connectivity index (χ1) is 7.18. The summed E-state index contributed by atoms with van der Waals surface area (Å²) in [6.45, 7) is 0. The van der Waals surface area contributed by atoms with E-state index >= 15 is 0 Å². The Morgan fingerprint density at radius 3 is 3.07 bits per heavy atom. The molecule has 1 aromatic rings. The van der Waals surface area contributed by atoms with E-state index in [1.165, 1.54) is 0 Å². The largest absolute Gasteiger partial charge is 0.385 e.